The summed E-state index contributed by atoms with van der Waals surface area (Å²) in [5.74, 6) is 2.45. The minimum atomic E-state index is 0.203. The molecule has 2 aromatic heterocycles. The van der Waals surface area contributed by atoms with E-state index in [-0.39, 0.29) is 11.8 Å². The molecule has 3 heterocycles. The van der Waals surface area contributed by atoms with Gasteiger partial charge in [0.15, 0.2) is 0 Å². The number of amides is 1. The zero-order valence-corrected chi connectivity index (χ0v) is 16.6. The number of carbonyl (C=O) groups is 1. The monoisotopic (exact) mass is 387 g/mol. The number of aromatic nitrogens is 4. The molecule has 6 nitrogen and oxygen atoms in total. The van der Waals surface area contributed by atoms with Crippen molar-refractivity contribution in [3.63, 3.8) is 0 Å². The number of para-hydroxylation sites is 4. The standard InChI is InChI=1S/C23H25N5O/c1-27-20-11-5-4-10-19(20)26-23(27)16-7-6-14-28(15-16)22(29)13-12-21-24-17-8-2-3-9-18(17)25-21/h2-5,8-11,16H,6-7,12-15H2,1H3,(H,24,25)/t16-/m0/s1. The van der Waals surface area contributed by atoms with Gasteiger partial charge in [-0.3, -0.25) is 4.79 Å². The van der Waals surface area contributed by atoms with E-state index in [0.29, 0.717) is 12.8 Å². The molecule has 5 rings (SSSR count). The molecule has 0 spiro atoms. The van der Waals surface area contributed by atoms with Crippen LogP contribution in [0.1, 0.15) is 36.8 Å². The summed E-state index contributed by atoms with van der Waals surface area (Å²) in [5.41, 5.74) is 4.15. The third-order valence-corrected chi connectivity index (χ3v) is 5.98. The van der Waals surface area contributed by atoms with E-state index in [9.17, 15) is 4.79 Å². The lowest BCUT2D eigenvalue weighted by atomic mass is 9.96. The molecule has 6 heteroatoms. The fraction of sp³-hybridized carbons (Fsp3) is 0.348. The summed E-state index contributed by atoms with van der Waals surface area (Å²) >= 11 is 0. The van der Waals surface area contributed by atoms with Crippen LogP contribution in [0, 0.1) is 0 Å². The lowest BCUT2D eigenvalue weighted by molar-refractivity contribution is -0.132. The number of likely N-dealkylation sites (tertiary alicyclic amines) is 1. The van der Waals surface area contributed by atoms with Crippen LogP contribution >= 0.6 is 0 Å². The molecule has 1 atom stereocenters. The number of nitrogens with one attached hydrogen (secondary N) is 1. The van der Waals surface area contributed by atoms with Gasteiger partial charge >= 0.3 is 0 Å². The smallest absolute Gasteiger partial charge is 0.223 e. The molecule has 29 heavy (non-hydrogen) atoms. The largest absolute Gasteiger partial charge is 0.342 e. The second-order valence-corrected chi connectivity index (χ2v) is 7.90. The average Bonchev–Trinajstić information content (AvgIpc) is 3.33. The highest BCUT2D eigenvalue weighted by Crippen LogP contribution is 2.29. The van der Waals surface area contributed by atoms with E-state index in [1.807, 2.05) is 41.3 Å². The molecular formula is C23H25N5O. The Balaban J connectivity index is 1.27. The maximum atomic E-state index is 12.9. The third kappa shape index (κ3) is 3.39. The number of imidazole rings is 2. The molecular weight excluding hydrogens is 362 g/mol. The Hall–Kier alpha value is -3.15. The van der Waals surface area contributed by atoms with E-state index in [1.54, 1.807) is 0 Å². The zero-order chi connectivity index (χ0) is 19.8. The van der Waals surface area contributed by atoms with Gasteiger partial charge in [0.25, 0.3) is 0 Å². The number of nitrogens with zero attached hydrogens (tertiary/aromatic N) is 4. The van der Waals surface area contributed by atoms with Crippen LogP contribution in [0.4, 0.5) is 0 Å². The second-order valence-electron chi connectivity index (χ2n) is 7.90. The van der Waals surface area contributed by atoms with Crippen molar-refractivity contribution in [2.75, 3.05) is 13.1 Å². The van der Waals surface area contributed by atoms with Crippen LogP contribution in [0.2, 0.25) is 0 Å². The second kappa shape index (κ2) is 7.35. The van der Waals surface area contributed by atoms with Crippen molar-refractivity contribution in [2.45, 2.75) is 31.6 Å². The van der Waals surface area contributed by atoms with Crippen LogP contribution in [0.5, 0.6) is 0 Å². The molecule has 0 unspecified atom stereocenters. The van der Waals surface area contributed by atoms with Gasteiger partial charge in [0, 0.05) is 38.9 Å². The number of aryl methyl sites for hydroxylation is 2. The van der Waals surface area contributed by atoms with E-state index >= 15 is 0 Å². The molecule has 1 N–H and O–H groups in total. The first kappa shape index (κ1) is 17.9. The van der Waals surface area contributed by atoms with Gasteiger partial charge in [0.1, 0.15) is 11.6 Å². The van der Waals surface area contributed by atoms with Crippen molar-refractivity contribution in [3.05, 3.63) is 60.2 Å². The van der Waals surface area contributed by atoms with E-state index in [2.05, 4.69) is 33.7 Å². The van der Waals surface area contributed by atoms with Gasteiger partial charge in [-0.05, 0) is 37.1 Å². The van der Waals surface area contributed by atoms with Gasteiger partial charge in [0.2, 0.25) is 5.91 Å². The Morgan fingerprint density at radius 3 is 2.72 bits per heavy atom. The molecule has 1 amide bonds. The molecule has 2 aromatic carbocycles. The first-order valence-corrected chi connectivity index (χ1v) is 10.3. The number of hydrogen-bond acceptors (Lipinski definition) is 3. The van der Waals surface area contributed by atoms with E-state index in [1.165, 1.54) is 0 Å². The van der Waals surface area contributed by atoms with Crippen LogP contribution in [0.15, 0.2) is 48.5 Å². The summed E-state index contributed by atoms with van der Waals surface area (Å²) in [6.07, 6.45) is 3.21. The zero-order valence-electron chi connectivity index (χ0n) is 16.6. The van der Waals surface area contributed by atoms with Crippen molar-refractivity contribution >= 4 is 28.0 Å². The third-order valence-electron chi connectivity index (χ3n) is 5.98. The number of aromatic amines is 1. The van der Waals surface area contributed by atoms with Crippen LogP contribution < -0.4 is 0 Å². The Kier molecular flexibility index (Phi) is 4.54. The molecule has 0 aliphatic carbocycles. The lowest BCUT2D eigenvalue weighted by Crippen LogP contribution is -2.39. The Morgan fingerprint density at radius 1 is 1.10 bits per heavy atom. The number of hydrogen-bond donors (Lipinski definition) is 1. The highest BCUT2D eigenvalue weighted by atomic mass is 16.2. The van der Waals surface area contributed by atoms with Crippen molar-refractivity contribution in [1.82, 2.24) is 24.4 Å². The van der Waals surface area contributed by atoms with Crippen LogP contribution in [-0.4, -0.2) is 43.4 Å². The normalized spacial score (nSPS) is 17.3. The fourth-order valence-corrected chi connectivity index (χ4v) is 4.45. The lowest BCUT2D eigenvalue weighted by Gasteiger charge is -2.32. The van der Waals surface area contributed by atoms with Crippen LogP contribution in [0.25, 0.3) is 22.1 Å². The summed E-state index contributed by atoms with van der Waals surface area (Å²) < 4.78 is 2.18. The molecule has 1 fully saturated rings. The fourth-order valence-electron chi connectivity index (χ4n) is 4.45. The predicted octanol–water partition coefficient (Wildman–Crippen LogP) is 3.79. The van der Waals surface area contributed by atoms with E-state index in [0.717, 1.165) is 59.6 Å². The summed E-state index contributed by atoms with van der Waals surface area (Å²) in [4.78, 5) is 27.6. The minimum Gasteiger partial charge on any atom is -0.342 e. The van der Waals surface area contributed by atoms with Crippen molar-refractivity contribution in [2.24, 2.45) is 7.05 Å². The quantitative estimate of drug-likeness (QED) is 0.579. The first-order chi connectivity index (χ1) is 14.2. The predicted molar refractivity (Wildman–Crippen MR) is 114 cm³/mol. The molecule has 1 saturated heterocycles. The first-order valence-electron chi connectivity index (χ1n) is 10.3. The SMILES string of the molecule is Cn1c([C@H]2CCCN(C(=O)CCc3nc4ccccc4[nH]3)C2)nc2ccccc21. The van der Waals surface area contributed by atoms with Crippen molar-refractivity contribution < 1.29 is 4.79 Å². The van der Waals surface area contributed by atoms with Gasteiger partial charge in [-0.15, -0.1) is 0 Å². The Bertz CT molecular complexity index is 1140. The van der Waals surface area contributed by atoms with Crippen molar-refractivity contribution in [1.29, 1.82) is 0 Å². The van der Waals surface area contributed by atoms with Crippen molar-refractivity contribution in [3.8, 4) is 0 Å². The highest BCUT2D eigenvalue weighted by molar-refractivity contribution is 5.78. The molecule has 148 valence electrons. The Morgan fingerprint density at radius 2 is 1.90 bits per heavy atom. The number of H-pyrrole nitrogens is 1. The highest BCUT2D eigenvalue weighted by Gasteiger charge is 2.27. The van der Waals surface area contributed by atoms with Crippen LogP contribution in [-0.2, 0) is 18.3 Å². The molecule has 1 aliphatic rings. The molecule has 4 aromatic rings. The summed E-state index contributed by atoms with van der Waals surface area (Å²) in [5, 5.41) is 0. The molecule has 0 radical (unpaired) electrons. The number of fused-ring (bicyclic) bond motifs is 2. The summed E-state index contributed by atoms with van der Waals surface area (Å²) in [7, 11) is 2.08. The number of carbonyl (C=O) groups excluding carboxylic acids is 1. The maximum Gasteiger partial charge on any atom is 0.223 e. The van der Waals surface area contributed by atoms with E-state index in [4.69, 9.17) is 4.98 Å². The number of rotatable bonds is 4. The van der Waals surface area contributed by atoms with Gasteiger partial charge in [-0.25, -0.2) is 9.97 Å². The molecule has 1 aliphatic heterocycles. The number of piperidine rings is 1. The minimum absolute atomic E-state index is 0.203. The van der Waals surface area contributed by atoms with E-state index < -0.39 is 0 Å². The summed E-state index contributed by atoms with van der Waals surface area (Å²) in [6, 6.07) is 16.2. The molecule has 0 saturated carbocycles. The number of benzene rings is 2. The van der Waals surface area contributed by atoms with Gasteiger partial charge in [0.05, 0.1) is 22.1 Å². The average molecular weight is 387 g/mol. The Labute approximate surface area is 169 Å². The molecule has 0 bridgehead atoms. The topological polar surface area (TPSA) is 66.8 Å². The van der Waals surface area contributed by atoms with Gasteiger partial charge in [-0.1, -0.05) is 24.3 Å². The maximum absolute atomic E-state index is 12.9. The van der Waals surface area contributed by atoms with Gasteiger partial charge < -0.3 is 14.5 Å². The van der Waals surface area contributed by atoms with Gasteiger partial charge in [-0.2, -0.15) is 0 Å². The summed E-state index contributed by atoms with van der Waals surface area (Å²) in [6.45, 7) is 1.58. The van der Waals surface area contributed by atoms with Crippen LogP contribution in [0.3, 0.4) is 0 Å².